The van der Waals surface area contributed by atoms with Crippen LogP contribution in [0.25, 0.3) is 10.9 Å². The number of aromatic nitrogens is 1. The zero-order chi connectivity index (χ0) is 21.2. The third-order valence-electron chi connectivity index (χ3n) is 6.90. The number of piperidine rings is 1. The molecule has 3 heterocycles. The number of fused-ring (bicyclic) bond motifs is 1. The third-order valence-corrected chi connectivity index (χ3v) is 7.13. The minimum absolute atomic E-state index is 0.505. The molecule has 31 heavy (non-hydrogen) atoms. The number of nitrogens with zero attached hydrogens (tertiary/aromatic N) is 2. The van der Waals surface area contributed by atoms with Gasteiger partial charge in [0.05, 0.1) is 5.52 Å². The maximum Gasteiger partial charge on any atom is 0.207 e. The van der Waals surface area contributed by atoms with Gasteiger partial charge < -0.3 is 15.0 Å². The lowest BCUT2D eigenvalue weighted by Crippen LogP contribution is -2.47. The highest BCUT2D eigenvalue weighted by Crippen LogP contribution is 2.45. The van der Waals surface area contributed by atoms with Crippen molar-refractivity contribution < 1.29 is 14.5 Å². The van der Waals surface area contributed by atoms with Crippen molar-refractivity contribution in [2.24, 2.45) is 0 Å². The van der Waals surface area contributed by atoms with Gasteiger partial charge >= 0.3 is 0 Å². The summed E-state index contributed by atoms with van der Waals surface area (Å²) in [7, 11) is 0. The number of pyridine rings is 1. The van der Waals surface area contributed by atoms with Crippen LogP contribution in [0, 0.1) is 0 Å². The van der Waals surface area contributed by atoms with Crippen LogP contribution in [0.1, 0.15) is 57.8 Å². The van der Waals surface area contributed by atoms with Crippen LogP contribution >= 0.6 is 11.6 Å². The van der Waals surface area contributed by atoms with E-state index in [1.165, 1.54) is 19.3 Å². The Morgan fingerprint density at radius 3 is 2.42 bits per heavy atom. The van der Waals surface area contributed by atoms with E-state index < -0.39 is 11.6 Å². The molecule has 2 aromatic rings. The molecule has 0 bridgehead atoms. The van der Waals surface area contributed by atoms with Crippen LogP contribution in [0.3, 0.4) is 0 Å². The Morgan fingerprint density at radius 2 is 1.65 bits per heavy atom. The van der Waals surface area contributed by atoms with Crippen molar-refractivity contribution in [3.8, 4) is 0 Å². The fraction of sp³-hybridized carbons (Fsp3) is 0.625. The molecule has 2 aliphatic heterocycles. The fourth-order valence-electron chi connectivity index (χ4n) is 5.08. The van der Waals surface area contributed by atoms with Gasteiger partial charge in [-0.05, 0) is 37.1 Å². The highest BCUT2D eigenvalue weighted by molar-refractivity contribution is 6.31. The van der Waals surface area contributed by atoms with E-state index >= 15 is 0 Å². The fourth-order valence-corrected chi connectivity index (χ4v) is 5.25. The summed E-state index contributed by atoms with van der Waals surface area (Å²) in [5.74, 6) is -1.06. The van der Waals surface area contributed by atoms with Crippen LogP contribution in [0.5, 0.6) is 0 Å². The summed E-state index contributed by atoms with van der Waals surface area (Å²) in [4.78, 5) is 18.6. The van der Waals surface area contributed by atoms with Gasteiger partial charge in [-0.2, -0.15) is 9.78 Å². The summed E-state index contributed by atoms with van der Waals surface area (Å²) >= 11 is 6.09. The van der Waals surface area contributed by atoms with Crippen molar-refractivity contribution in [3.63, 3.8) is 0 Å². The predicted molar refractivity (Wildman–Crippen MR) is 122 cm³/mol. The molecule has 3 fully saturated rings. The summed E-state index contributed by atoms with van der Waals surface area (Å²) in [6.07, 6.45) is 11.6. The van der Waals surface area contributed by atoms with E-state index in [1.54, 1.807) is 0 Å². The summed E-state index contributed by atoms with van der Waals surface area (Å²) < 4.78 is 6.53. The number of likely N-dealkylation sites (tertiary alicyclic amines) is 1. The number of ether oxygens (including phenoxy) is 1. The molecule has 1 aromatic heterocycles. The largest absolute Gasteiger partial charge is 0.383 e. The molecule has 6 nitrogen and oxygen atoms in total. The standard InChI is InChI=1S/C24H32ClN3O3/c25-19-6-7-20-21(8-13-26-22(20)18-19)27-14-17-28-15-11-24(12-16-28)29-23(30-31-24)9-4-2-1-3-5-10-23/h6-8,13,18H,1-5,9-12,14-17H2,(H,26,27). The van der Waals surface area contributed by atoms with Gasteiger partial charge in [0.2, 0.25) is 11.6 Å². The molecule has 0 unspecified atom stereocenters. The molecule has 0 radical (unpaired) electrons. The average Bonchev–Trinajstić information content (AvgIpc) is 3.11. The van der Waals surface area contributed by atoms with Gasteiger partial charge in [0, 0.05) is 74.2 Å². The Kier molecular flexibility index (Phi) is 6.35. The van der Waals surface area contributed by atoms with Crippen molar-refractivity contribution in [1.29, 1.82) is 0 Å². The molecular formula is C24H32ClN3O3. The van der Waals surface area contributed by atoms with E-state index in [4.69, 9.17) is 26.1 Å². The van der Waals surface area contributed by atoms with Crippen molar-refractivity contribution in [3.05, 3.63) is 35.5 Å². The first-order valence-electron chi connectivity index (χ1n) is 11.7. The van der Waals surface area contributed by atoms with Crippen molar-refractivity contribution >= 4 is 28.2 Å². The van der Waals surface area contributed by atoms with Crippen LogP contribution in [-0.2, 0) is 14.5 Å². The topological polar surface area (TPSA) is 55.9 Å². The van der Waals surface area contributed by atoms with Gasteiger partial charge in [0.25, 0.3) is 0 Å². The van der Waals surface area contributed by atoms with Crippen molar-refractivity contribution in [2.75, 3.05) is 31.5 Å². The van der Waals surface area contributed by atoms with Gasteiger partial charge in [-0.1, -0.05) is 30.9 Å². The number of nitrogens with one attached hydrogen (secondary N) is 1. The Bertz CT molecular complexity index is 893. The molecule has 5 rings (SSSR count). The number of hydrogen-bond acceptors (Lipinski definition) is 6. The zero-order valence-electron chi connectivity index (χ0n) is 18.1. The minimum Gasteiger partial charge on any atom is -0.383 e. The van der Waals surface area contributed by atoms with E-state index in [9.17, 15) is 0 Å². The van der Waals surface area contributed by atoms with Crippen molar-refractivity contribution in [2.45, 2.75) is 69.4 Å². The maximum atomic E-state index is 6.53. The number of halogens is 1. The molecule has 1 aliphatic carbocycles. The first-order chi connectivity index (χ1) is 15.2. The molecule has 0 atom stereocenters. The van der Waals surface area contributed by atoms with Gasteiger partial charge in [-0.25, -0.2) is 0 Å². The monoisotopic (exact) mass is 445 g/mol. The van der Waals surface area contributed by atoms with Crippen LogP contribution in [0.4, 0.5) is 5.69 Å². The Hall–Kier alpha value is -1.44. The SMILES string of the molecule is Clc1ccc2c(NCCN3CCC4(CC3)OOC3(CCCCCCC3)O4)ccnc2c1. The lowest BCUT2D eigenvalue weighted by Gasteiger charge is -2.37. The van der Waals surface area contributed by atoms with Gasteiger partial charge in [-0.15, -0.1) is 0 Å². The van der Waals surface area contributed by atoms with E-state index in [-0.39, 0.29) is 0 Å². The van der Waals surface area contributed by atoms with Crippen LogP contribution in [0.15, 0.2) is 30.5 Å². The summed E-state index contributed by atoms with van der Waals surface area (Å²) in [6, 6.07) is 7.86. The lowest BCUT2D eigenvalue weighted by molar-refractivity contribution is -0.357. The number of benzene rings is 1. The number of rotatable bonds is 4. The Morgan fingerprint density at radius 1 is 0.935 bits per heavy atom. The molecule has 3 aliphatic rings. The summed E-state index contributed by atoms with van der Waals surface area (Å²) in [5, 5.41) is 5.37. The molecule has 2 spiro atoms. The Labute approximate surface area is 189 Å². The predicted octanol–water partition coefficient (Wildman–Crippen LogP) is 5.51. The first-order valence-corrected chi connectivity index (χ1v) is 12.1. The second kappa shape index (κ2) is 9.20. The molecule has 168 valence electrons. The van der Waals surface area contributed by atoms with E-state index in [0.717, 1.165) is 81.3 Å². The summed E-state index contributed by atoms with van der Waals surface area (Å²) in [6.45, 7) is 3.75. The molecule has 1 aromatic carbocycles. The maximum absolute atomic E-state index is 6.53. The number of hydrogen-bond donors (Lipinski definition) is 1. The van der Waals surface area contributed by atoms with E-state index in [0.29, 0.717) is 5.02 Å². The van der Waals surface area contributed by atoms with E-state index in [1.807, 2.05) is 30.5 Å². The molecule has 1 saturated carbocycles. The second-order valence-corrected chi connectivity index (χ2v) is 9.58. The zero-order valence-corrected chi connectivity index (χ0v) is 18.8. The van der Waals surface area contributed by atoms with Crippen molar-refractivity contribution in [1.82, 2.24) is 9.88 Å². The Balaban J connectivity index is 1.12. The van der Waals surface area contributed by atoms with Gasteiger partial charge in [0.1, 0.15) is 0 Å². The van der Waals surface area contributed by atoms with E-state index in [2.05, 4.69) is 15.2 Å². The highest BCUT2D eigenvalue weighted by atomic mass is 35.5. The molecular weight excluding hydrogens is 414 g/mol. The van der Waals surface area contributed by atoms with Gasteiger partial charge in [-0.3, -0.25) is 4.98 Å². The molecule has 1 N–H and O–H groups in total. The van der Waals surface area contributed by atoms with Crippen LogP contribution < -0.4 is 5.32 Å². The average molecular weight is 446 g/mol. The minimum atomic E-state index is -0.552. The van der Waals surface area contributed by atoms with Crippen LogP contribution in [-0.4, -0.2) is 47.6 Å². The second-order valence-electron chi connectivity index (χ2n) is 9.15. The molecule has 2 saturated heterocycles. The molecule has 0 amide bonds. The number of anilines is 1. The lowest BCUT2D eigenvalue weighted by atomic mass is 9.95. The first kappa shape index (κ1) is 21.4. The smallest absolute Gasteiger partial charge is 0.207 e. The normalized spacial score (nSPS) is 23.8. The molecule has 7 heteroatoms. The third kappa shape index (κ3) is 4.83. The quantitative estimate of drug-likeness (QED) is 0.626. The summed E-state index contributed by atoms with van der Waals surface area (Å²) in [5.41, 5.74) is 2.01. The highest BCUT2D eigenvalue weighted by Gasteiger charge is 2.53. The van der Waals surface area contributed by atoms with Crippen LogP contribution in [0.2, 0.25) is 5.02 Å². The van der Waals surface area contributed by atoms with Gasteiger partial charge in [0.15, 0.2) is 0 Å².